The second-order valence-electron chi connectivity index (χ2n) is 7.71. The number of rotatable bonds is 6. The van der Waals surface area contributed by atoms with Gasteiger partial charge in [-0.25, -0.2) is 13.4 Å². The van der Waals surface area contributed by atoms with Gasteiger partial charge in [0, 0.05) is 5.56 Å². The number of sulfonamides is 1. The predicted molar refractivity (Wildman–Crippen MR) is 125 cm³/mol. The average Bonchev–Trinajstić information content (AvgIpc) is 3.21. The molecule has 0 saturated carbocycles. The van der Waals surface area contributed by atoms with Gasteiger partial charge in [-0.2, -0.15) is 0 Å². The van der Waals surface area contributed by atoms with E-state index in [-0.39, 0.29) is 16.8 Å². The van der Waals surface area contributed by atoms with Gasteiger partial charge in [0.05, 0.1) is 27.7 Å². The summed E-state index contributed by atoms with van der Waals surface area (Å²) < 4.78 is 28.2. The van der Waals surface area contributed by atoms with E-state index in [0.717, 1.165) is 22.2 Å². The Morgan fingerprint density at radius 3 is 2.41 bits per heavy atom. The van der Waals surface area contributed by atoms with Gasteiger partial charge < -0.3 is 10.3 Å². The van der Waals surface area contributed by atoms with Crippen LogP contribution in [0.4, 0.5) is 5.69 Å². The maximum Gasteiger partial charge on any atom is 0.261 e. The summed E-state index contributed by atoms with van der Waals surface area (Å²) in [7, 11) is -3.77. The van der Waals surface area contributed by atoms with Crippen LogP contribution < -0.4 is 10.0 Å². The molecule has 1 atom stereocenters. The molecule has 0 spiro atoms. The Bertz CT molecular complexity index is 1360. The third kappa shape index (κ3) is 4.36. The van der Waals surface area contributed by atoms with E-state index in [1.54, 1.807) is 12.1 Å². The van der Waals surface area contributed by atoms with Crippen LogP contribution in [0.25, 0.3) is 11.0 Å². The SMILES string of the molecule is Cc1cccc(NS(=O)(=O)c2ccc(C(=O)NC(C)c3nc4ccccc4[nH]3)cc2)c1C. The highest BCUT2D eigenvalue weighted by Gasteiger charge is 2.18. The fourth-order valence-corrected chi connectivity index (χ4v) is 4.50. The lowest BCUT2D eigenvalue weighted by atomic mass is 10.1. The number of hydrogen-bond acceptors (Lipinski definition) is 4. The minimum atomic E-state index is -3.77. The molecule has 3 N–H and O–H groups in total. The maximum atomic E-state index is 12.8. The van der Waals surface area contributed by atoms with Gasteiger partial charge in [-0.3, -0.25) is 9.52 Å². The monoisotopic (exact) mass is 448 g/mol. The molecule has 7 nitrogen and oxygen atoms in total. The normalized spacial score (nSPS) is 12.5. The molecule has 0 aliphatic carbocycles. The van der Waals surface area contributed by atoms with Gasteiger partial charge in [0.1, 0.15) is 5.82 Å². The largest absolute Gasteiger partial charge is 0.342 e. The van der Waals surface area contributed by atoms with Crippen LogP contribution in [-0.2, 0) is 10.0 Å². The van der Waals surface area contributed by atoms with Gasteiger partial charge in [0.2, 0.25) is 0 Å². The fourth-order valence-electron chi connectivity index (χ4n) is 3.38. The van der Waals surface area contributed by atoms with Crippen molar-refractivity contribution in [1.29, 1.82) is 0 Å². The summed E-state index contributed by atoms with van der Waals surface area (Å²) in [5, 5.41) is 2.89. The molecular weight excluding hydrogens is 424 g/mol. The van der Waals surface area contributed by atoms with Gasteiger partial charge in [0.25, 0.3) is 15.9 Å². The number of anilines is 1. The van der Waals surface area contributed by atoms with Crippen LogP contribution >= 0.6 is 0 Å². The molecule has 0 fully saturated rings. The van der Waals surface area contributed by atoms with E-state index < -0.39 is 10.0 Å². The zero-order valence-electron chi connectivity index (χ0n) is 18.0. The lowest BCUT2D eigenvalue weighted by Gasteiger charge is -2.13. The summed E-state index contributed by atoms with van der Waals surface area (Å²) in [6.45, 7) is 5.62. The summed E-state index contributed by atoms with van der Waals surface area (Å²) in [4.78, 5) is 20.4. The summed E-state index contributed by atoms with van der Waals surface area (Å²) in [5.74, 6) is 0.334. The van der Waals surface area contributed by atoms with E-state index in [1.807, 2.05) is 51.1 Å². The summed E-state index contributed by atoms with van der Waals surface area (Å²) in [6, 6.07) is 18.6. The zero-order chi connectivity index (χ0) is 22.9. The Hall–Kier alpha value is -3.65. The fraction of sp³-hybridized carbons (Fsp3) is 0.167. The van der Waals surface area contributed by atoms with Crippen molar-refractivity contribution in [3.05, 3.63) is 89.2 Å². The molecule has 0 saturated heterocycles. The Morgan fingerprint density at radius 2 is 1.69 bits per heavy atom. The number of imidazole rings is 1. The van der Waals surface area contributed by atoms with Gasteiger partial charge in [-0.05, 0) is 74.4 Å². The molecule has 1 unspecified atom stereocenters. The number of nitrogens with zero attached hydrogens (tertiary/aromatic N) is 1. The number of nitrogens with one attached hydrogen (secondary N) is 3. The number of amides is 1. The molecule has 8 heteroatoms. The maximum absolute atomic E-state index is 12.8. The zero-order valence-corrected chi connectivity index (χ0v) is 18.8. The number of aromatic nitrogens is 2. The number of aryl methyl sites for hydroxylation is 1. The Morgan fingerprint density at radius 1 is 0.969 bits per heavy atom. The molecule has 1 heterocycles. The number of carbonyl (C=O) groups excluding carboxylic acids is 1. The standard InChI is InChI=1S/C24H24N4O3S/c1-15-7-6-10-20(16(15)2)28-32(30,31)19-13-11-18(12-14-19)24(29)25-17(3)23-26-21-8-4-5-9-22(21)27-23/h4-14,17,28H,1-3H3,(H,25,29)(H,26,27). The highest BCUT2D eigenvalue weighted by molar-refractivity contribution is 7.92. The van der Waals surface area contributed by atoms with Crippen molar-refractivity contribution < 1.29 is 13.2 Å². The number of benzene rings is 3. The Balaban J connectivity index is 1.47. The van der Waals surface area contributed by atoms with Crippen molar-refractivity contribution in [3.8, 4) is 0 Å². The lowest BCUT2D eigenvalue weighted by molar-refractivity contribution is 0.0938. The topological polar surface area (TPSA) is 104 Å². The Labute approximate surface area is 187 Å². The van der Waals surface area contributed by atoms with E-state index in [4.69, 9.17) is 0 Å². The first-order chi connectivity index (χ1) is 15.2. The van der Waals surface area contributed by atoms with Crippen LogP contribution in [-0.4, -0.2) is 24.3 Å². The van der Waals surface area contributed by atoms with Crippen molar-refractivity contribution in [1.82, 2.24) is 15.3 Å². The number of hydrogen-bond donors (Lipinski definition) is 3. The molecule has 4 rings (SSSR count). The second-order valence-corrected chi connectivity index (χ2v) is 9.39. The molecule has 164 valence electrons. The molecule has 0 radical (unpaired) electrons. The summed E-state index contributed by atoms with van der Waals surface area (Å²) in [5.41, 5.74) is 4.48. The molecule has 0 aliphatic heterocycles. The van der Waals surface area contributed by atoms with Crippen LogP contribution in [0.3, 0.4) is 0 Å². The average molecular weight is 449 g/mol. The summed E-state index contributed by atoms with van der Waals surface area (Å²) >= 11 is 0. The third-order valence-electron chi connectivity index (χ3n) is 5.44. The van der Waals surface area contributed by atoms with Gasteiger partial charge in [-0.1, -0.05) is 24.3 Å². The number of H-pyrrole nitrogens is 1. The molecule has 4 aromatic rings. The highest BCUT2D eigenvalue weighted by atomic mass is 32.2. The first-order valence-corrected chi connectivity index (χ1v) is 11.7. The number of aromatic amines is 1. The van der Waals surface area contributed by atoms with Crippen molar-refractivity contribution in [2.75, 3.05) is 4.72 Å². The highest BCUT2D eigenvalue weighted by Crippen LogP contribution is 2.22. The van der Waals surface area contributed by atoms with Crippen LogP contribution in [0.1, 0.15) is 40.3 Å². The number of para-hydroxylation sites is 2. The third-order valence-corrected chi connectivity index (χ3v) is 6.82. The van der Waals surface area contributed by atoms with Crippen molar-refractivity contribution >= 4 is 32.7 Å². The molecule has 3 aromatic carbocycles. The van der Waals surface area contributed by atoms with Crippen molar-refractivity contribution in [2.45, 2.75) is 31.7 Å². The van der Waals surface area contributed by atoms with E-state index in [0.29, 0.717) is 17.1 Å². The summed E-state index contributed by atoms with van der Waals surface area (Å²) in [6.07, 6.45) is 0. The number of fused-ring (bicyclic) bond motifs is 1. The van der Waals surface area contributed by atoms with Crippen molar-refractivity contribution in [2.24, 2.45) is 0 Å². The second kappa shape index (κ2) is 8.47. The molecule has 1 amide bonds. The number of carbonyl (C=O) groups is 1. The molecular formula is C24H24N4O3S. The minimum Gasteiger partial charge on any atom is -0.342 e. The van der Waals surface area contributed by atoms with Gasteiger partial charge >= 0.3 is 0 Å². The molecule has 1 aromatic heterocycles. The first kappa shape index (κ1) is 21.6. The lowest BCUT2D eigenvalue weighted by Crippen LogP contribution is -2.27. The van der Waals surface area contributed by atoms with E-state index in [2.05, 4.69) is 20.0 Å². The van der Waals surface area contributed by atoms with E-state index in [9.17, 15) is 13.2 Å². The van der Waals surface area contributed by atoms with Crippen LogP contribution in [0, 0.1) is 13.8 Å². The van der Waals surface area contributed by atoms with Crippen LogP contribution in [0.5, 0.6) is 0 Å². The van der Waals surface area contributed by atoms with Crippen LogP contribution in [0.2, 0.25) is 0 Å². The van der Waals surface area contributed by atoms with Gasteiger partial charge in [-0.15, -0.1) is 0 Å². The minimum absolute atomic E-state index is 0.0836. The quantitative estimate of drug-likeness (QED) is 0.405. The molecule has 0 bridgehead atoms. The predicted octanol–water partition coefficient (Wildman–Crippen LogP) is 4.47. The van der Waals surface area contributed by atoms with Gasteiger partial charge in [0.15, 0.2) is 0 Å². The Kier molecular flexibility index (Phi) is 5.71. The molecule has 0 aliphatic rings. The van der Waals surface area contributed by atoms with E-state index in [1.165, 1.54) is 24.3 Å². The molecule has 32 heavy (non-hydrogen) atoms. The first-order valence-electron chi connectivity index (χ1n) is 10.2. The van der Waals surface area contributed by atoms with E-state index >= 15 is 0 Å². The van der Waals surface area contributed by atoms with Crippen LogP contribution in [0.15, 0.2) is 71.6 Å². The van der Waals surface area contributed by atoms with Crippen molar-refractivity contribution in [3.63, 3.8) is 0 Å². The smallest absolute Gasteiger partial charge is 0.261 e.